The summed E-state index contributed by atoms with van der Waals surface area (Å²) in [6, 6.07) is 0. The van der Waals surface area contributed by atoms with Gasteiger partial charge in [0.05, 0.1) is 0 Å². The maximum Gasteiger partial charge on any atom is 0.441 e. The normalized spacial score (nSPS) is 26.8. The molecule has 0 amide bonds. The van der Waals surface area contributed by atoms with Crippen molar-refractivity contribution >= 4 is 27.7 Å². The topological polar surface area (TPSA) is 3.24 Å². The Labute approximate surface area is 101 Å². The monoisotopic (exact) mass is 305 g/mol. The lowest BCUT2D eigenvalue weighted by atomic mass is 9.85. The summed E-state index contributed by atoms with van der Waals surface area (Å²) >= 11 is 3.56. The van der Waals surface area contributed by atoms with Crippen LogP contribution in [0.4, 0.5) is 13.2 Å². The standard InChI is InChI=1S/C9H15BrF3NS/c1-14(2-3-15-9(11,12)13)6-7-4-8(10)5-7/h7-8H,2-6H2,1H3. The van der Waals surface area contributed by atoms with Gasteiger partial charge in [0.25, 0.3) is 0 Å². The molecule has 90 valence electrons. The van der Waals surface area contributed by atoms with Gasteiger partial charge >= 0.3 is 5.51 Å². The van der Waals surface area contributed by atoms with Crippen LogP contribution in [0.1, 0.15) is 12.8 Å². The fourth-order valence-corrected chi connectivity index (χ4v) is 3.34. The highest BCUT2D eigenvalue weighted by Gasteiger charge is 2.29. The molecule has 0 bridgehead atoms. The summed E-state index contributed by atoms with van der Waals surface area (Å²) in [6.45, 7) is 1.42. The SMILES string of the molecule is CN(CCSC(F)(F)F)CC1CC(Br)C1. The highest BCUT2D eigenvalue weighted by Crippen LogP contribution is 2.34. The molecule has 0 aromatic carbocycles. The van der Waals surface area contributed by atoms with Gasteiger partial charge in [0.1, 0.15) is 0 Å². The minimum absolute atomic E-state index is 0.0642. The van der Waals surface area contributed by atoms with E-state index < -0.39 is 5.51 Å². The van der Waals surface area contributed by atoms with Gasteiger partial charge in [-0.05, 0) is 37.6 Å². The van der Waals surface area contributed by atoms with Crippen molar-refractivity contribution in [1.29, 1.82) is 0 Å². The Kier molecular flexibility index (Phi) is 5.25. The van der Waals surface area contributed by atoms with Crippen molar-refractivity contribution in [2.45, 2.75) is 23.2 Å². The zero-order valence-electron chi connectivity index (χ0n) is 8.56. The molecular formula is C9H15BrF3NS. The first-order valence-corrected chi connectivity index (χ1v) is 6.80. The summed E-state index contributed by atoms with van der Waals surface area (Å²) in [6.07, 6.45) is 2.30. The lowest BCUT2D eigenvalue weighted by molar-refractivity contribution is -0.0328. The Balaban J connectivity index is 2.01. The summed E-state index contributed by atoms with van der Waals surface area (Å²) < 4.78 is 35.5. The molecular weight excluding hydrogens is 291 g/mol. The second-order valence-electron chi connectivity index (χ2n) is 3.99. The Morgan fingerprint density at radius 1 is 1.40 bits per heavy atom. The molecule has 1 aliphatic carbocycles. The number of alkyl halides is 4. The fourth-order valence-electron chi connectivity index (χ4n) is 1.65. The summed E-state index contributed by atoms with van der Waals surface area (Å²) in [4.78, 5) is 2.61. The van der Waals surface area contributed by atoms with Crippen LogP contribution in [0.25, 0.3) is 0 Å². The first-order valence-electron chi connectivity index (χ1n) is 4.90. The van der Waals surface area contributed by atoms with Crippen LogP contribution in [-0.4, -0.2) is 41.1 Å². The Morgan fingerprint density at radius 2 is 2.00 bits per heavy atom. The highest BCUT2D eigenvalue weighted by molar-refractivity contribution is 9.09. The first-order chi connectivity index (χ1) is 6.87. The second-order valence-corrected chi connectivity index (χ2v) is 6.45. The van der Waals surface area contributed by atoms with Crippen molar-refractivity contribution in [3.63, 3.8) is 0 Å². The molecule has 6 heteroatoms. The first kappa shape index (κ1) is 13.6. The van der Waals surface area contributed by atoms with E-state index in [2.05, 4.69) is 15.9 Å². The predicted octanol–water partition coefficient (Wildman–Crippen LogP) is 3.34. The molecule has 0 aromatic heterocycles. The predicted molar refractivity (Wildman–Crippen MR) is 61.4 cm³/mol. The summed E-state index contributed by atoms with van der Waals surface area (Å²) in [5.74, 6) is 0.792. The minimum Gasteiger partial charge on any atom is -0.305 e. The third-order valence-electron chi connectivity index (χ3n) is 2.49. The van der Waals surface area contributed by atoms with Crippen LogP contribution in [0.3, 0.4) is 0 Å². The molecule has 15 heavy (non-hydrogen) atoms. The number of hydrogen-bond acceptors (Lipinski definition) is 2. The van der Waals surface area contributed by atoms with Crippen molar-refractivity contribution in [2.75, 3.05) is 25.9 Å². The van der Waals surface area contributed by atoms with Gasteiger partial charge in [-0.3, -0.25) is 0 Å². The number of nitrogens with zero attached hydrogens (tertiary/aromatic N) is 1. The second kappa shape index (κ2) is 5.77. The van der Waals surface area contributed by atoms with Crippen LogP contribution in [0.15, 0.2) is 0 Å². The van der Waals surface area contributed by atoms with Crippen LogP contribution in [0, 0.1) is 5.92 Å². The highest BCUT2D eigenvalue weighted by atomic mass is 79.9. The van der Waals surface area contributed by atoms with Crippen LogP contribution in [0.2, 0.25) is 0 Å². The molecule has 1 saturated carbocycles. The molecule has 1 rings (SSSR count). The molecule has 0 aliphatic heterocycles. The quantitative estimate of drug-likeness (QED) is 0.717. The molecule has 0 N–H and O–H groups in total. The number of hydrogen-bond donors (Lipinski definition) is 0. The van der Waals surface area contributed by atoms with Crippen molar-refractivity contribution in [3.05, 3.63) is 0 Å². The molecule has 0 aromatic rings. The molecule has 1 nitrogen and oxygen atoms in total. The van der Waals surface area contributed by atoms with Gasteiger partial charge in [-0.1, -0.05) is 15.9 Å². The third kappa shape index (κ3) is 6.02. The average molecular weight is 306 g/mol. The van der Waals surface area contributed by atoms with E-state index in [0.717, 1.165) is 19.4 Å². The van der Waals surface area contributed by atoms with E-state index in [0.29, 0.717) is 17.3 Å². The van der Waals surface area contributed by atoms with Gasteiger partial charge in [-0.25, -0.2) is 0 Å². The van der Waals surface area contributed by atoms with Crippen molar-refractivity contribution in [1.82, 2.24) is 4.90 Å². The van der Waals surface area contributed by atoms with E-state index in [1.165, 1.54) is 0 Å². The van der Waals surface area contributed by atoms with E-state index in [9.17, 15) is 13.2 Å². The number of rotatable bonds is 5. The van der Waals surface area contributed by atoms with Gasteiger partial charge < -0.3 is 4.90 Å². The maximum absolute atomic E-state index is 11.8. The summed E-state index contributed by atoms with van der Waals surface area (Å²) in [5, 5.41) is 0. The maximum atomic E-state index is 11.8. The zero-order chi connectivity index (χ0) is 11.5. The van der Waals surface area contributed by atoms with Crippen LogP contribution < -0.4 is 0 Å². The van der Waals surface area contributed by atoms with E-state index in [4.69, 9.17) is 0 Å². The molecule has 0 atom stereocenters. The smallest absolute Gasteiger partial charge is 0.305 e. The van der Waals surface area contributed by atoms with Gasteiger partial charge in [-0.15, -0.1) is 0 Å². The molecule has 0 heterocycles. The van der Waals surface area contributed by atoms with E-state index in [1.54, 1.807) is 0 Å². The van der Waals surface area contributed by atoms with E-state index in [1.807, 2.05) is 11.9 Å². The molecule has 1 fully saturated rings. The van der Waals surface area contributed by atoms with Gasteiger partial charge in [0.15, 0.2) is 0 Å². The molecule has 0 saturated heterocycles. The third-order valence-corrected chi connectivity index (χ3v) is 3.95. The van der Waals surface area contributed by atoms with E-state index >= 15 is 0 Å². The summed E-state index contributed by atoms with van der Waals surface area (Å²) in [5.41, 5.74) is -4.09. The minimum atomic E-state index is -4.09. The fraction of sp³-hybridized carbons (Fsp3) is 1.00. The largest absolute Gasteiger partial charge is 0.441 e. The van der Waals surface area contributed by atoms with Crippen LogP contribution in [-0.2, 0) is 0 Å². The van der Waals surface area contributed by atoms with Crippen LogP contribution in [0.5, 0.6) is 0 Å². The lowest BCUT2D eigenvalue weighted by Gasteiger charge is -2.34. The molecule has 0 spiro atoms. The average Bonchev–Trinajstić information content (AvgIpc) is 1.98. The molecule has 0 radical (unpaired) electrons. The molecule has 0 unspecified atom stereocenters. The lowest BCUT2D eigenvalue weighted by Crippen LogP contribution is -2.35. The van der Waals surface area contributed by atoms with Crippen molar-refractivity contribution in [2.24, 2.45) is 5.92 Å². The van der Waals surface area contributed by atoms with Crippen molar-refractivity contribution < 1.29 is 13.2 Å². The number of halogens is 4. The summed E-state index contributed by atoms with van der Waals surface area (Å²) in [7, 11) is 1.89. The van der Waals surface area contributed by atoms with Crippen LogP contribution >= 0.6 is 27.7 Å². The number of thioether (sulfide) groups is 1. The Bertz CT molecular complexity index is 194. The van der Waals surface area contributed by atoms with E-state index in [-0.39, 0.29) is 17.5 Å². The Morgan fingerprint density at radius 3 is 2.47 bits per heavy atom. The van der Waals surface area contributed by atoms with Crippen molar-refractivity contribution in [3.8, 4) is 0 Å². The Hall–Kier alpha value is 0.580. The van der Waals surface area contributed by atoms with Gasteiger partial charge in [0, 0.05) is 23.7 Å². The zero-order valence-corrected chi connectivity index (χ0v) is 11.0. The van der Waals surface area contributed by atoms with Gasteiger partial charge in [0.2, 0.25) is 0 Å². The molecule has 1 aliphatic rings. The van der Waals surface area contributed by atoms with Gasteiger partial charge in [-0.2, -0.15) is 13.2 Å².